The van der Waals surface area contributed by atoms with Crippen molar-refractivity contribution in [3.63, 3.8) is 0 Å². The molecule has 4 rings (SSSR count). The van der Waals surface area contributed by atoms with Crippen molar-refractivity contribution in [1.29, 1.82) is 5.26 Å². The first kappa shape index (κ1) is 22.9. The zero-order chi connectivity index (χ0) is 24.4. The maximum absolute atomic E-state index is 11.4. The quantitative estimate of drug-likeness (QED) is 0.414. The fourth-order valence-corrected chi connectivity index (χ4v) is 4.18. The lowest BCUT2D eigenvalue weighted by Gasteiger charge is -2.24. The zero-order valence-electron chi connectivity index (χ0n) is 19.5. The number of nitrogens with one attached hydrogen (secondary N) is 1. The molecule has 34 heavy (non-hydrogen) atoms. The number of esters is 1. The van der Waals surface area contributed by atoms with E-state index in [9.17, 15) is 10.1 Å². The first-order valence-electron chi connectivity index (χ1n) is 10.9. The smallest absolute Gasteiger partial charge is 0.308 e. The van der Waals surface area contributed by atoms with Crippen molar-refractivity contribution < 1.29 is 19.0 Å². The van der Waals surface area contributed by atoms with Gasteiger partial charge in [-0.05, 0) is 35.6 Å². The average molecular weight is 459 g/mol. The number of hydrogen-bond donors (Lipinski definition) is 2. The Labute approximate surface area is 197 Å². The van der Waals surface area contributed by atoms with Crippen LogP contribution in [0.2, 0.25) is 0 Å². The van der Waals surface area contributed by atoms with E-state index in [1.807, 2.05) is 12.1 Å². The van der Waals surface area contributed by atoms with E-state index >= 15 is 0 Å². The molecule has 0 saturated heterocycles. The van der Waals surface area contributed by atoms with Crippen LogP contribution in [0.4, 0.5) is 0 Å². The van der Waals surface area contributed by atoms with Gasteiger partial charge < -0.3 is 19.9 Å². The SMILES string of the molecule is COc1cc([C@@H]2C(C#N)=C(N)Oc3n[nH]c(-c4ccc(CC(C)C)cc4)c32)ccc1OC(C)=O. The third-order valence-electron chi connectivity index (χ3n) is 5.60. The van der Waals surface area contributed by atoms with Crippen LogP contribution < -0.4 is 19.9 Å². The van der Waals surface area contributed by atoms with E-state index in [1.54, 1.807) is 18.2 Å². The molecule has 1 atom stereocenters. The number of carbonyl (C=O) groups excluding carboxylic acids is 1. The number of fused-ring (bicyclic) bond motifs is 1. The van der Waals surface area contributed by atoms with Gasteiger partial charge in [0.1, 0.15) is 11.6 Å². The van der Waals surface area contributed by atoms with Gasteiger partial charge >= 0.3 is 5.97 Å². The van der Waals surface area contributed by atoms with Gasteiger partial charge in [0.25, 0.3) is 0 Å². The predicted molar refractivity (Wildman–Crippen MR) is 126 cm³/mol. The lowest BCUT2D eigenvalue weighted by atomic mass is 9.83. The number of ether oxygens (including phenoxy) is 3. The van der Waals surface area contributed by atoms with E-state index in [-0.39, 0.29) is 17.2 Å². The van der Waals surface area contributed by atoms with Crippen molar-refractivity contribution >= 4 is 5.97 Å². The standard InChI is InChI=1S/C26H26N4O4/c1-14(2)11-16-5-7-17(8-6-16)24-23-22(19(13-27)25(28)34-26(23)30-29-24)18-9-10-20(33-15(3)31)21(12-18)32-4/h5-10,12,14,22H,11,28H2,1-4H3,(H,29,30)/t22-/m1/s1. The molecule has 2 aromatic carbocycles. The Kier molecular flexibility index (Phi) is 6.28. The number of rotatable bonds is 6. The van der Waals surface area contributed by atoms with E-state index in [0.29, 0.717) is 23.1 Å². The molecule has 1 aromatic heterocycles. The highest BCUT2D eigenvalue weighted by atomic mass is 16.6. The third-order valence-corrected chi connectivity index (χ3v) is 5.60. The Balaban J connectivity index is 1.83. The summed E-state index contributed by atoms with van der Waals surface area (Å²) in [6, 6.07) is 15.6. The van der Waals surface area contributed by atoms with Crippen molar-refractivity contribution in [1.82, 2.24) is 10.2 Å². The van der Waals surface area contributed by atoms with Crippen LogP contribution in [-0.2, 0) is 11.2 Å². The Hall–Kier alpha value is -4.25. The number of allylic oxidation sites excluding steroid dienone is 1. The summed E-state index contributed by atoms with van der Waals surface area (Å²) in [4.78, 5) is 11.4. The monoisotopic (exact) mass is 458 g/mol. The van der Waals surface area contributed by atoms with Crippen LogP contribution in [0.5, 0.6) is 17.4 Å². The van der Waals surface area contributed by atoms with Gasteiger partial charge in [-0.2, -0.15) is 5.26 Å². The first-order chi connectivity index (χ1) is 16.3. The van der Waals surface area contributed by atoms with Crippen LogP contribution in [-0.4, -0.2) is 23.3 Å². The molecule has 0 amide bonds. The topological polar surface area (TPSA) is 123 Å². The number of nitrogens with zero attached hydrogens (tertiary/aromatic N) is 2. The van der Waals surface area contributed by atoms with E-state index in [2.05, 4.69) is 42.2 Å². The number of nitriles is 1. The second kappa shape index (κ2) is 9.32. The summed E-state index contributed by atoms with van der Waals surface area (Å²) in [5.74, 6) is 0.491. The number of methoxy groups -OCH3 is 1. The summed E-state index contributed by atoms with van der Waals surface area (Å²) in [7, 11) is 1.49. The molecule has 2 heterocycles. The van der Waals surface area contributed by atoms with Crippen LogP contribution in [0.15, 0.2) is 53.9 Å². The number of carbonyl (C=O) groups is 1. The lowest BCUT2D eigenvalue weighted by molar-refractivity contribution is -0.132. The van der Waals surface area contributed by atoms with E-state index < -0.39 is 11.9 Å². The number of aromatic nitrogens is 2. The van der Waals surface area contributed by atoms with Crippen LogP contribution in [0.3, 0.4) is 0 Å². The largest absolute Gasteiger partial charge is 0.493 e. The molecule has 0 saturated carbocycles. The fourth-order valence-electron chi connectivity index (χ4n) is 4.18. The molecule has 1 aliphatic rings. The third kappa shape index (κ3) is 4.33. The molecule has 8 nitrogen and oxygen atoms in total. The van der Waals surface area contributed by atoms with Gasteiger partial charge in [0.05, 0.1) is 24.3 Å². The van der Waals surface area contributed by atoms with Crippen molar-refractivity contribution in [3.8, 4) is 34.7 Å². The summed E-state index contributed by atoms with van der Waals surface area (Å²) < 4.78 is 16.4. The summed E-state index contributed by atoms with van der Waals surface area (Å²) in [5.41, 5.74) is 10.7. The molecular weight excluding hydrogens is 432 g/mol. The number of nitrogens with two attached hydrogens (primary N) is 1. The van der Waals surface area contributed by atoms with Crippen LogP contribution >= 0.6 is 0 Å². The van der Waals surface area contributed by atoms with Gasteiger partial charge in [0, 0.05) is 12.5 Å². The van der Waals surface area contributed by atoms with Crippen molar-refractivity contribution in [2.45, 2.75) is 33.1 Å². The highest BCUT2D eigenvalue weighted by Gasteiger charge is 2.36. The van der Waals surface area contributed by atoms with Gasteiger partial charge in [0.2, 0.25) is 11.8 Å². The fraction of sp³-hybridized carbons (Fsp3) is 0.269. The highest BCUT2D eigenvalue weighted by molar-refractivity contribution is 5.73. The van der Waals surface area contributed by atoms with E-state index in [4.69, 9.17) is 19.9 Å². The molecule has 0 spiro atoms. The molecule has 0 unspecified atom stereocenters. The second-order valence-electron chi connectivity index (χ2n) is 8.54. The normalized spacial score (nSPS) is 14.9. The van der Waals surface area contributed by atoms with Crippen LogP contribution in [0, 0.1) is 17.2 Å². The number of aromatic amines is 1. The van der Waals surface area contributed by atoms with Gasteiger partial charge in [-0.1, -0.05) is 44.2 Å². The summed E-state index contributed by atoms with van der Waals surface area (Å²) in [5, 5.41) is 17.3. The van der Waals surface area contributed by atoms with Crippen molar-refractivity contribution in [3.05, 3.63) is 70.6 Å². The van der Waals surface area contributed by atoms with Gasteiger partial charge in [0.15, 0.2) is 11.5 Å². The Morgan fingerprint density at radius 2 is 1.97 bits per heavy atom. The maximum Gasteiger partial charge on any atom is 0.308 e. The molecule has 0 aliphatic carbocycles. The molecular formula is C26H26N4O4. The van der Waals surface area contributed by atoms with E-state index in [1.165, 1.54) is 19.6 Å². The van der Waals surface area contributed by atoms with Crippen LogP contribution in [0.1, 0.15) is 43.4 Å². The van der Waals surface area contributed by atoms with E-state index in [0.717, 1.165) is 23.2 Å². The molecule has 0 bridgehead atoms. The summed E-state index contributed by atoms with van der Waals surface area (Å²) in [6.45, 7) is 5.68. The molecule has 174 valence electrons. The molecule has 3 N–H and O–H groups in total. The zero-order valence-corrected chi connectivity index (χ0v) is 19.5. The Morgan fingerprint density at radius 1 is 1.24 bits per heavy atom. The van der Waals surface area contributed by atoms with Gasteiger partial charge in [-0.15, -0.1) is 5.10 Å². The first-order valence-corrected chi connectivity index (χ1v) is 10.9. The average Bonchev–Trinajstić information content (AvgIpc) is 3.21. The Morgan fingerprint density at radius 3 is 2.59 bits per heavy atom. The van der Waals surface area contributed by atoms with Gasteiger partial charge in [-0.25, -0.2) is 0 Å². The van der Waals surface area contributed by atoms with Gasteiger partial charge in [-0.3, -0.25) is 9.89 Å². The predicted octanol–water partition coefficient (Wildman–Crippen LogP) is 4.43. The minimum absolute atomic E-state index is 0.00615. The molecule has 0 fully saturated rings. The molecule has 3 aromatic rings. The van der Waals surface area contributed by atoms with Crippen LogP contribution in [0.25, 0.3) is 11.3 Å². The summed E-state index contributed by atoms with van der Waals surface area (Å²) in [6.07, 6.45) is 0.986. The minimum Gasteiger partial charge on any atom is -0.493 e. The second-order valence-corrected chi connectivity index (χ2v) is 8.54. The summed E-state index contributed by atoms with van der Waals surface area (Å²) >= 11 is 0. The van der Waals surface area contributed by atoms with Crippen molar-refractivity contribution in [2.24, 2.45) is 11.7 Å². The molecule has 0 radical (unpaired) electrons. The lowest BCUT2D eigenvalue weighted by Crippen LogP contribution is -2.21. The number of benzene rings is 2. The minimum atomic E-state index is -0.557. The molecule has 8 heteroatoms. The number of H-pyrrole nitrogens is 1. The maximum atomic E-state index is 11.4. The van der Waals surface area contributed by atoms with Crippen molar-refractivity contribution in [2.75, 3.05) is 7.11 Å². The highest BCUT2D eigenvalue weighted by Crippen LogP contribution is 2.47. The number of hydrogen-bond acceptors (Lipinski definition) is 7. The molecule has 1 aliphatic heterocycles. The Bertz CT molecular complexity index is 1300.